The first-order valence-electron chi connectivity index (χ1n) is 8.40. The van der Waals surface area contributed by atoms with Crippen LogP contribution in [0.15, 0.2) is 71.1 Å². The number of aliphatic imine (C=N–C) groups is 1. The van der Waals surface area contributed by atoms with Crippen LogP contribution in [-0.4, -0.2) is 17.7 Å². The number of amides is 1. The van der Waals surface area contributed by atoms with E-state index < -0.39 is 0 Å². The summed E-state index contributed by atoms with van der Waals surface area (Å²) in [5.74, 6) is 0.638. The van der Waals surface area contributed by atoms with Crippen LogP contribution in [0.5, 0.6) is 5.75 Å². The van der Waals surface area contributed by atoms with Crippen molar-refractivity contribution in [3.8, 4) is 5.75 Å². The third-order valence-corrected chi connectivity index (χ3v) is 4.68. The van der Waals surface area contributed by atoms with Crippen LogP contribution in [0.25, 0.3) is 6.08 Å². The van der Waals surface area contributed by atoms with Crippen LogP contribution >= 0.6 is 11.8 Å². The Morgan fingerprint density at radius 2 is 1.88 bits per heavy atom. The number of thioether (sulfide) groups is 1. The Kier molecular flexibility index (Phi) is 5.92. The van der Waals surface area contributed by atoms with Crippen molar-refractivity contribution < 1.29 is 9.53 Å². The molecular weight excluding hydrogens is 344 g/mol. The number of nitrogens with zero attached hydrogens (tertiary/aromatic N) is 1. The average molecular weight is 364 g/mol. The second-order valence-electron chi connectivity index (χ2n) is 5.67. The van der Waals surface area contributed by atoms with Gasteiger partial charge in [-0.2, -0.15) is 0 Å². The summed E-state index contributed by atoms with van der Waals surface area (Å²) >= 11 is 1.34. The quantitative estimate of drug-likeness (QED) is 0.597. The Balaban J connectivity index is 1.71. The van der Waals surface area contributed by atoms with Crippen molar-refractivity contribution in [2.45, 2.75) is 13.3 Å². The van der Waals surface area contributed by atoms with Crippen LogP contribution in [0.3, 0.4) is 0 Å². The van der Waals surface area contributed by atoms with Gasteiger partial charge in [0.15, 0.2) is 5.17 Å². The van der Waals surface area contributed by atoms with E-state index in [-0.39, 0.29) is 5.91 Å². The minimum atomic E-state index is -0.133. The summed E-state index contributed by atoms with van der Waals surface area (Å²) < 4.78 is 5.46. The number of ether oxygens (including phenoxy) is 1. The van der Waals surface area contributed by atoms with E-state index in [0.717, 1.165) is 23.4 Å². The molecule has 0 spiro atoms. The maximum atomic E-state index is 12.2. The van der Waals surface area contributed by atoms with Gasteiger partial charge >= 0.3 is 0 Å². The molecule has 3 rings (SSSR count). The first-order valence-corrected chi connectivity index (χ1v) is 9.22. The van der Waals surface area contributed by atoms with Crippen LogP contribution < -0.4 is 10.1 Å². The first kappa shape index (κ1) is 18.0. The predicted molar refractivity (Wildman–Crippen MR) is 109 cm³/mol. The number of benzene rings is 2. The largest absolute Gasteiger partial charge is 0.490 e. The van der Waals surface area contributed by atoms with E-state index in [4.69, 9.17) is 4.74 Å². The van der Waals surface area contributed by atoms with Crippen molar-refractivity contribution in [3.63, 3.8) is 0 Å². The zero-order chi connectivity index (χ0) is 18.4. The van der Waals surface area contributed by atoms with Gasteiger partial charge in [-0.05, 0) is 59.7 Å². The molecule has 2 aromatic rings. The highest BCUT2D eigenvalue weighted by Gasteiger charge is 2.23. The molecule has 0 unspecified atom stereocenters. The number of nitrogens with one attached hydrogen (secondary N) is 1. The van der Waals surface area contributed by atoms with Gasteiger partial charge < -0.3 is 10.1 Å². The van der Waals surface area contributed by atoms with E-state index in [1.54, 1.807) is 6.08 Å². The fourth-order valence-corrected chi connectivity index (χ4v) is 3.21. The van der Waals surface area contributed by atoms with Gasteiger partial charge in [0.2, 0.25) is 0 Å². The molecule has 1 fully saturated rings. The number of carbonyl (C=O) groups excluding carboxylic acids is 1. The lowest BCUT2D eigenvalue weighted by Gasteiger charge is -2.03. The van der Waals surface area contributed by atoms with Crippen molar-refractivity contribution in [3.05, 3.63) is 77.2 Å². The molecule has 1 amide bonds. The van der Waals surface area contributed by atoms with Gasteiger partial charge in [0, 0.05) is 0 Å². The third-order valence-electron chi connectivity index (χ3n) is 3.77. The van der Waals surface area contributed by atoms with Gasteiger partial charge in [-0.3, -0.25) is 4.79 Å². The summed E-state index contributed by atoms with van der Waals surface area (Å²) in [4.78, 5) is 17.3. The van der Waals surface area contributed by atoms with E-state index in [1.165, 1.54) is 17.3 Å². The van der Waals surface area contributed by atoms with Crippen molar-refractivity contribution >= 4 is 34.6 Å². The van der Waals surface area contributed by atoms with Gasteiger partial charge in [-0.25, -0.2) is 4.99 Å². The Morgan fingerprint density at radius 1 is 1.15 bits per heavy atom. The molecule has 0 aromatic heterocycles. The molecule has 1 saturated heterocycles. The van der Waals surface area contributed by atoms with Crippen molar-refractivity contribution in [1.82, 2.24) is 5.32 Å². The maximum absolute atomic E-state index is 12.2. The maximum Gasteiger partial charge on any atom is 0.264 e. The lowest BCUT2D eigenvalue weighted by molar-refractivity contribution is -0.115. The van der Waals surface area contributed by atoms with Gasteiger partial charge in [0.1, 0.15) is 12.4 Å². The van der Waals surface area contributed by atoms with Crippen molar-refractivity contribution in [2.24, 2.45) is 4.99 Å². The Morgan fingerprint density at radius 3 is 2.54 bits per heavy atom. The minimum absolute atomic E-state index is 0.133. The fraction of sp³-hybridized carbons (Fsp3) is 0.143. The number of amidine groups is 1. The molecule has 0 saturated carbocycles. The summed E-state index contributed by atoms with van der Waals surface area (Å²) in [6, 6.07) is 15.6. The summed E-state index contributed by atoms with van der Waals surface area (Å²) in [6.07, 6.45) is 4.54. The standard InChI is InChI=1S/C21H20N2O2S/c1-3-13-25-18-11-7-16(8-12-18)14-19-20(24)23-21(26-19)22-17-9-5-15(4-2)6-10-17/h3,5-12,14H,1,4,13H2,2H3,(H,22,23,24). The summed E-state index contributed by atoms with van der Waals surface area (Å²) in [6.45, 7) is 6.21. The van der Waals surface area contributed by atoms with E-state index in [9.17, 15) is 4.79 Å². The topological polar surface area (TPSA) is 50.7 Å². The Labute approximate surface area is 157 Å². The predicted octanol–water partition coefficient (Wildman–Crippen LogP) is 4.71. The number of hydrogen-bond acceptors (Lipinski definition) is 4. The average Bonchev–Trinajstić information content (AvgIpc) is 3.00. The second-order valence-corrected chi connectivity index (χ2v) is 6.70. The van der Waals surface area contributed by atoms with Gasteiger partial charge in [-0.15, -0.1) is 0 Å². The Hall–Kier alpha value is -2.79. The summed E-state index contributed by atoms with van der Waals surface area (Å²) in [5.41, 5.74) is 3.02. The zero-order valence-corrected chi connectivity index (χ0v) is 15.4. The monoisotopic (exact) mass is 364 g/mol. The van der Waals surface area contributed by atoms with E-state index in [0.29, 0.717) is 16.7 Å². The fourth-order valence-electron chi connectivity index (χ4n) is 2.37. The lowest BCUT2D eigenvalue weighted by Crippen LogP contribution is -2.19. The van der Waals surface area contributed by atoms with Gasteiger partial charge in [0.25, 0.3) is 5.91 Å². The minimum Gasteiger partial charge on any atom is -0.490 e. The third kappa shape index (κ3) is 4.64. The van der Waals surface area contributed by atoms with Crippen LogP contribution in [0.1, 0.15) is 18.1 Å². The molecule has 5 heteroatoms. The van der Waals surface area contributed by atoms with E-state index in [2.05, 4.69) is 23.8 Å². The van der Waals surface area contributed by atoms with Gasteiger partial charge in [0.05, 0.1) is 10.6 Å². The van der Waals surface area contributed by atoms with Crippen LogP contribution in [0, 0.1) is 0 Å². The highest BCUT2D eigenvalue weighted by atomic mass is 32.2. The smallest absolute Gasteiger partial charge is 0.264 e. The molecule has 0 atom stereocenters. The first-order chi connectivity index (χ1) is 12.7. The van der Waals surface area contributed by atoms with E-state index >= 15 is 0 Å². The number of carbonyl (C=O) groups is 1. The molecule has 0 bridgehead atoms. The molecule has 0 radical (unpaired) electrons. The van der Waals surface area contributed by atoms with E-state index in [1.807, 2.05) is 54.6 Å². The molecule has 132 valence electrons. The molecule has 4 nitrogen and oxygen atoms in total. The Bertz CT molecular complexity index is 853. The zero-order valence-electron chi connectivity index (χ0n) is 14.6. The number of hydrogen-bond donors (Lipinski definition) is 1. The number of rotatable bonds is 6. The summed E-state index contributed by atoms with van der Waals surface area (Å²) in [7, 11) is 0. The highest BCUT2D eigenvalue weighted by molar-refractivity contribution is 8.18. The van der Waals surface area contributed by atoms with Crippen molar-refractivity contribution in [2.75, 3.05) is 6.61 Å². The summed E-state index contributed by atoms with van der Waals surface area (Å²) in [5, 5.41) is 3.40. The van der Waals surface area contributed by atoms with Crippen molar-refractivity contribution in [1.29, 1.82) is 0 Å². The molecule has 1 N–H and O–H groups in total. The lowest BCUT2D eigenvalue weighted by atomic mass is 10.2. The van der Waals surface area contributed by atoms with Crippen LogP contribution in [-0.2, 0) is 11.2 Å². The second kappa shape index (κ2) is 8.54. The molecule has 0 aliphatic carbocycles. The SMILES string of the molecule is C=CCOc1ccc(C=C2SC(=Nc3ccc(CC)cc3)NC2=O)cc1. The molecule has 1 aliphatic heterocycles. The number of aryl methyl sites for hydroxylation is 1. The molecule has 1 aliphatic rings. The molecule has 1 heterocycles. The highest BCUT2D eigenvalue weighted by Crippen LogP contribution is 2.28. The molecular formula is C21H20N2O2S. The molecule has 2 aromatic carbocycles. The normalized spacial score (nSPS) is 16.7. The van der Waals surface area contributed by atoms with Crippen LogP contribution in [0.2, 0.25) is 0 Å². The molecule has 26 heavy (non-hydrogen) atoms. The van der Waals surface area contributed by atoms with Gasteiger partial charge in [-0.1, -0.05) is 43.8 Å². The van der Waals surface area contributed by atoms with Crippen LogP contribution in [0.4, 0.5) is 5.69 Å².